The fourth-order valence-electron chi connectivity index (χ4n) is 1.24. The second-order valence-electron chi connectivity index (χ2n) is 2.81. The zero-order valence-corrected chi connectivity index (χ0v) is 8.73. The fourth-order valence-corrected chi connectivity index (χ4v) is 1.44. The van der Waals surface area contributed by atoms with Gasteiger partial charge in [0.25, 0.3) is 0 Å². The highest BCUT2D eigenvalue weighted by Gasteiger charge is 2.12. The lowest BCUT2D eigenvalue weighted by Gasteiger charge is -2.01. The van der Waals surface area contributed by atoms with Crippen LogP contribution >= 0.6 is 11.6 Å². The Morgan fingerprint density at radius 2 is 2.33 bits per heavy atom. The first-order chi connectivity index (χ1) is 7.24. The van der Waals surface area contributed by atoms with Crippen LogP contribution in [0.1, 0.15) is 6.92 Å². The molecular weight excluding hydrogens is 218 g/mol. The lowest BCUT2D eigenvalue weighted by Crippen LogP contribution is -2.14. The Labute approximate surface area is 90.6 Å². The molecule has 0 aliphatic rings. The van der Waals surface area contributed by atoms with E-state index in [0.29, 0.717) is 22.5 Å². The van der Waals surface area contributed by atoms with Gasteiger partial charge in [-0.25, -0.2) is 4.79 Å². The molecule has 5 nitrogen and oxygen atoms in total. The molecule has 0 aliphatic carbocycles. The number of nitrogens with zero attached hydrogens (tertiary/aromatic N) is 3. The molecule has 15 heavy (non-hydrogen) atoms. The lowest BCUT2D eigenvalue weighted by molar-refractivity contribution is 0.151. The number of rotatable bonds is 1. The minimum absolute atomic E-state index is 0.300. The normalized spacial score (nSPS) is 10.5. The molecule has 2 rings (SSSR count). The molecule has 0 unspecified atom stereocenters. The predicted molar refractivity (Wildman–Crippen MR) is 55.0 cm³/mol. The van der Waals surface area contributed by atoms with Crippen LogP contribution in [0.2, 0.25) is 5.02 Å². The third-order valence-corrected chi connectivity index (χ3v) is 2.19. The van der Waals surface area contributed by atoms with E-state index in [9.17, 15) is 4.79 Å². The first-order valence-electron chi connectivity index (χ1n) is 4.38. The van der Waals surface area contributed by atoms with Gasteiger partial charge in [-0.2, -0.15) is 9.78 Å². The smallest absolute Gasteiger partial charge is 0.435 e. The summed E-state index contributed by atoms with van der Waals surface area (Å²) in [5, 5.41) is 5.03. The highest BCUT2D eigenvalue weighted by atomic mass is 35.5. The number of pyridine rings is 1. The van der Waals surface area contributed by atoms with E-state index in [4.69, 9.17) is 16.3 Å². The summed E-state index contributed by atoms with van der Waals surface area (Å²) in [4.78, 5) is 15.3. The molecule has 0 bridgehead atoms. The number of carbonyl (C=O) groups is 1. The average molecular weight is 226 g/mol. The van der Waals surface area contributed by atoms with Gasteiger partial charge in [-0.05, 0) is 6.92 Å². The van der Waals surface area contributed by atoms with Gasteiger partial charge in [-0.3, -0.25) is 4.98 Å². The van der Waals surface area contributed by atoms with Gasteiger partial charge in [-0.15, -0.1) is 0 Å². The first-order valence-corrected chi connectivity index (χ1v) is 4.76. The fraction of sp³-hybridized carbons (Fsp3) is 0.222. The summed E-state index contributed by atoms with van der Waals surface area (Å²) in [6.07, 6.45) is 4.00. The van der Waals surface area contributed by atoms with Crippen LogP contribution < -0.4 is 0 Å². The summed E-state index contributed by atoms with van der Waals surface area (Å²) in [7, 11) is 0. The van der Waals surface area contributed by atoms with E-state index < -0.39 is 6.09 Å². The summed E-state index contributed by atoms with van der Waals surface area (Å²) in [6.45, 7) is 2.03. The zero-order valence-electron chi connectivity index (χ0n) is 7.98. The van der Waals surface area contributed by atoms with Gasteiger partial charge < -0.3 is 4.74 Å². The molecule has 2 aromatic rings. The van der Waals surface area contributed by atoms with Crippen molar-refractivity contribution in [3.05, 3.63) is 23.6 Å². The van der Waals surface area contributed by atoms with E-state index in [1.807, 2.05) is 0 Å². The standard InChI is InChI=1S/C9H8ClN3O2/c1-2-15-9(14)13-8-5-11-4-7(10)6(8)3-12-13/h3-5H,2H2,1H3. The average Bonchev–Trinajstić information content (AvgIpc) is 2.63. The lowest BCUT2D eigenvalue weighted by atomic mass is 10.3. The molecule has 0 saturated carbocycles. The van der Waals surface area contributed by atoms with Gasteiger partial charge in [0.05, 0.1) is 24.0 Å². The van der Waals surface area contributed by atoms with Crippen molar-refractivity contribution in [3.63, 3.8) is 0 Å². The number of ether oxygens (including phenoxy) is 1. The quantitative estimate of drug-likeness (QED) is 0.746. The highest BCUT2D eigenvalue weighted by molar-refractivity contribution is 6.35. The van der Waals surface area contributed by atoms with Crippen LogP contribution in [0.25, 0.3) is 10.9 Å². The second-order valence-corrected chi connectivity index (χ2v) is 3.22. The Morgan fingerprint density at radius 1 is 1.53 bits per heavy atom. The molecule has 2 aromatic heterocycles. The molecular formula is C9H8ClN3O2. The summed E-state index contributed by atoms with van der Waals surface area (Å²) in [5.41, 5.74) is 0.543. The maximum Gasteiger partial charge on any atom is 0.435 e. The number of aromatic nitrogens is 3. The van der Waals surface area contributed by atoms with Crippen LogP contribution in [-0.4, -0.2) is 27.5 Å². The number of carbonyl (C=O) groups excluding carboxylic acids is 1. The molecule has 78 valence electrons. The minimum Gasteiger partial charge on any atom is -0.448 e. The van der Waals surface area contributed by atoms with Gasteiger partial charge in [0, 0.05) is 11.6 Å². The molecule has 0 aliphatic heterocycles. The van der Waals surface area contributed by atoms with Crippen molar-refractivity contribution in [2.24, 2.45) is 0 Å². The van der Waals surface area contributed by atoms with Crippen molar-refractivity contribution in [2.75, 3.05) is 6.61 Å². The van der Waals surface area contributed by atoms with Crippen molar-refractivity contribution in [1.82, 2.24) is 14.8 Å². The molecule has 0 N–H and O–H groups in total. The van der Waals surface area contributed by atoms with Crippen molar-refractivity contribution in [3.8, 4) is 0 Å². The summed E-state index contributed by atoms with van der Waals surface area (Å²) >= 11 is 5.88. The van der Waals surface area contributed by atoms with Crippen LogP contribution in [0.5, 0.6) is 0 Å². The molecule has 0 aromatic carbocycles. The molecule has 0 atom stereocenters. The monoisotopic (exact) mass is 225 g/mol. The highest BCUT2D eigenvalue weighted by Crippen LogP contribution is 2.21. The van der Waals surface area contributed by atoms with E-state index in [1.165, 1.54) is 18.6 Å². The van der Waals surface area contributed by atoms with Crippen LogP contribution in [0.15, 0.2) is 18.6 Å². The van der Waals surface area contributed by atoms with E-state index in [2.05, 4.69) is 10.1 Å². The third kappa shape index (κ3) is 1.66. The molecule has 0 amide bonds. The van der Waals surface area contributed by atoms with E-state index in [0.717, 1.165) is 4.68 Å². The molecule has 2 heterocycles. The predicted octanol–water partition coefficient (Wildman–Crippen LogP) is 2.09. The molecule has 6 heteroatoms. The van der Waals surface area contributed by atoms with Gasteiger partial charge in [-0.1, -0.05) is 11.6 Å². The summed E-state index contributed by atoms with van der Waals surface area (Å²) in [5.74, 6) is 0. The molecule has 0 radical (unpaired) electrons. The Morgan fingerprint density at radius 3 is 3.07 bits per heavy atom. The van der Waals surface area contributed by atoms with Gasteiger partial charge in [0.2, 0.25) is 0 Å². The van der Waals surface area contributed by atoms with Crippen molar-refractivity contribution >= 4 is 28.6 Å². The molecule has 0 saturated heterocycles. The topological polar surface area (TPSA) is 57.0 Å². The van der Waals surface area contributed by atoms with Crippen LogP contribution in [0.3, 0.4) is 0 Å². The SMILES string of the molecule is CCOC(=O)n1ncc2c(Cl)cncc21. The van der Waals surface area contributed by atoms with Crippen molar-refractivity contribution < 1.29 is 9.53 Å². The van der Waals surface area contributed by atoms with Crippen LogP contribution in [0.4, 0.5) is 4.79 Å². The largest absolute Gasteiger partial charge is 0.448 e. The number of hydrogen-bond donors (Lipinski definition) is 0. The Kier molecular flexibility index (Phi) is 2.55. The molecule has 0 spiro atoms. The Bertz CT molecular complexity index is 509. The Hall–Kier alpha value is -1.62. The third-order valence-electron chi connectivity index (χ3n) is 1.89. The van der Waals surface area contributed by atoms with Crippen LogP contribution in [0, 0.1) is 0 Å². The number of halogens is 1. The van der Waals surface area contributed by atoms with E-state index in [-0.39, 0.29) is 0 Å². The summed E-state index contributed by atoms with van der Waals surface area (Å²) < 4.78 is 5.96. The van der Waals surface area contributed by atoms with Gasteiger partial charge in [0.1, 0.15) is 5.52 Å². The minimum atomic E-state index is -0.531. The van der Waals surface area contributed by atoms with Crippen molar-refractivity contribution in [1.29, 1.82) is 0 Å². The van der Waals surface area contributed by atoms with E-state index >= 15 is 0 Å². The molecule has 0 fully saturated rings. The first kappa shape index (κ1) is 9.92. The van der Waals surface area contributed by atoms with E-state index in [1.54, 1.807) is 6.92 Å². The zero-order chi connectivity index (χ0) is 10.8. The van der Waals surface area contributed by atoms with Crippen molar-refractivity contribution in [2.45, 2.75) is 6.92 Å². The maximum absolute atomic E-state index is 11.4. The van der Waals surface area contributed by atoms with Gasteiger partial charge in [0.15, 0.2) is 0 Å². The number of fused-ring (bicyclic) bond motifs is 1. The van der Waals surface area contributed by atoms with Gasteiger partial charge >= 0.3 is 6.09 Å². The second kappa shape index (κ2) is 3.86. The Balaban J connectivity index is 2.54. The summed E-state index contributed by atoms with van der Waals surface area (Å²) in [6, 6.07) is 0. The van der Waals surface area contributed by atoms with Crippen LogP contribution in [-0.2, 0) is 4.74 Å². The maximum atomic E-state index is 11.4. The number of hydrogen-bond acceptors (Lipinski definition) is 4.